The summed E-state index contributed by atoms with van der Waals surface area (Å²) >= 11 is 0. The second-order valence-electron chi connectivity index (χ2n) is 6.18. The van der Waals surface area contributed by atoms with Gasteiger partial charge in [0.15, 0.2) is 0 Å². The molecule has 24 heavy (non-hydrogen) atoms. The van der Waals surface area contributed by atoms with Crippen molar-refractivity contribution in [3.63, 3.8) is 0 Å². The Kier molecular flexibility index (Phi) is 4.65. The van der Waals surface area contributed by atoms with Gasteiger partial charge in [0.05, 0.1) is 0 Å². The average Bonchev–Trinajstić information content (AvgIpc) is 2.59. The van der Waals surface area contributed by atoms with Gasteiger partial charge in [-0.05, 0) is 54.7 Å². The number of hydrogen-bond donors (Lipinski definition) is 1. The molecule has 0 saturated heterocycles. The molecule has 1 aliphatic heterocycles. The molecule has 1 heterocycles. The Labute approximate surface area is 142 Å². The molecule has 0 aliphatic carbocycles. The fourth-order valence-corrected chi connectivity index (χ4v) is 3.13. The molecule has 4 heteroatoms. The number of rotatable bonds is 4. The molecule has 0 atom stereocenters. The monoisotopic (exact) mass is 322 g/mol. The molecule has 0 aromatic heterocycles. The Bertz CT molecular complexity index is 783. The summed E-state index contributed by atoms with van der Waals surface area (Å²) < 4.78 is 0. The van der Waals surface area contributed by atoms with Gasteiger partial charge in [0.25, 0.3) is 5.91 Å². The smallest absolute Gasteiger partial charge is 0.254 e. The van der Waals surface area contributed by atoms with E-state index in [9.17, 15) is 9.59 Å². The molecule has 2 aromatic carbocycles. The molecule has 2 amide bonds. The first kappa shape index (κ1) is 16.2. The number of nitrogens with zero attached hydrogens (tertiary/aromatic N) is 1. The van der Waals surface area contributed by atoms with E-state index in [0.29, 0.717) is 12.1 Å². The van der Waals surface area contributed by atoms with Gasteiger partial charge in [-0.2, -0.15) is 0 Å². The van der Waals surface area contributed by atoms with Crippen LogP contribution in [0, 0.1) is 6.92 Å². The zero-order valence-corrected chi connectivity index (χ0v) is 14.1. The largest absolute Gasteiger partial charge is 0.329 e. The number of nitrogens with one attached hydrogen (secondary N) is 1. The third-order valence-corrected chi connectivity index (χ3v) is 4.53. The van der Waals surface area contributed by atoms with Crippen molar-refractivity contribution in [3.8, 4) is 0 Å². The van der Waals surface area contributed by atoms with Crippen molar-refractivity contribution < 1.29 is 9.59 Å². The number of amides is 2. The summed E-state index contributed by atoms with van der Waals surface area (Å²) in [5, 5.41) is 2.90. The number of benzene rings is 2. The number of hydrogen-bond acceptors (Lipinski definition) is 2. The Morgan fingerprint density at radius 1 is 1.21 bits per heavy atom. The molecule has 0 radical (unpaired) electrons. The number of anilines is 1. The summed E-state index contributed by atoms with van der Waals surface area (Å²) in [6.07, 6.45) is 1.72. The van der Waals surface area contributed by atoms with Crippen molar-refractivity contribution in [2.75, 3.05) is 18.4 Å². The third-order valence-electron chi connectivity index (χ3n) is 4.53. The van der Waals surface area contributed by atoms with Crippen LogP contribution in [0.2, 0.25) is 0 Å². The van der Waals surface area contributed by atoms with Gasteiger partial charge in [0.2, 0.25) is 5.91 Å². The number of fused-ring (bicyclic) bond motifs is 1. The van der Waals surface area contributed by atoms with Crippen LogP contribution in [0.1, 0.15) is 34.0 Å². The minimum Gasteiger partial charge on any atom is -0.329 e. The van der Waals surface area contributed by atoms with Crippen molar-refractivity contribution >= 4 is 17.5 Å². The van der Waals surface area contributed by atoms with Crippen LogP contribution in [0.5, 0.6) is 0 Å². The standard InChI is InChI=1S/C20H22N2O2/c1-3-15-12-17(9-8-14(15)2)21-19(23)13-22-11-10-16-6-4-5-7-18(16)20(22)24/h4-9,12H,3,10-11,13H2,1-2H3,(H,21,23). The van der Waals surface area contributed by atoms with E-state index >= 15 is 0 Å². The summed E-state index contributed by atoms with van der Waals surface area (Å²) in [5.41, 5.74) is 4.99. The summed E-state index contributed by atoms with van der Waals surface area (Å²) in [6.45, 7) is 4.83. The van der Waals surface area contributed by atoms with E-state index in [1.54, 1.807) is 4.90 Å². The summed E-state index contributed by atoms with van der Waals surface area (Å²) in [4.78, 5) is 26.4. The minimum atomic E-state index is -0.159. The molecule has 1 N–H and O–H groups in total. The lowest BCUT2D eigenvalue weighted by Gasteiger charge is -2.28. The molecule has 124 valence electrons. The molecular formula is C20H22N2O2. The zero-order chi connectivity index (χ0) is 17.1. The lowest BCUT2D eigenvalue weighted by Crippen LogP contribution is -2.42. The van der Waals surface area contributed by atoms with Gasteiger partial charge in [-0.15, -0.1) is 0 Å². The van der Waals surface area contributed by atoms with Crippen LogP contribution in [0.4, 0.5) is 5.69 Å². The summed E-state index contributed by atoms with van der Waals surface area (Å²) in [5.74, 6) is -0.223. The van der Waals surface area contributed by atoms with Crippen molar-refractivity contribution in [3.05, 3.63) is 64.7 Å². The van der Waals surface area contributed by atoms with E-state index in [2.05, 4.69) is 19.2 Å². The highest BCUT2D eigenvalue weighted by Gasteiger charge is 2.25. The second-order valence-corrected chi connectivity index (χ2v) is 6.18. The Morgan fingerprint density at radius 2 is 2.00 bits per heavy atom. The summed E-state index contributed by atoms with van der Waals surface area (Å²) in [7, 11) is 0. The van der Waals surface area contributed by atoms with Crippen LogP contribution >= 0.6 is 0 Å². The molecule has 0 saturated carbocycles. The third kappa shape index (κ3) is 3.32. The van der Waals surface area contributed by atoms with Gasteiger partial charge < -0.3 is 10.2 Å². The predicted molar refractivity (Wildman–Crippen MR) is 95.2 cm³/mol. The minimum absolute atomic E-state index is 0.0647. The van der Waals surface area contributed by atoms with Crippen LogP contribution < -0.4 is 5.32 Å². The maximum absolute atomic E-state index is 12.5. The Hall–Kier alpha value is -2.62. The highest BCUT2D eigenvalue weighted by molar-refractivity contribution is 6.00. The Morgan fingerprint density at radius 3 is 2.79 bits per heavy atom. The van der Waals surface area contributed by atoms with E-state index < -0.39 is 0 Å². The van der Waals surface area contributed by atoms with Crippen molar-refractivity contribution in [1.82, 2.24) is 4.90 Å². The molecule has 0 unspecified atom stereocenters. The Balaban J connectivity index is 1.67. The van der Waals surface area contributed by atoms with Crippen LogP contribution in [-0.2, 0) is 17.6 Å². The van der Waals surface area contributed by atoms with Crippen LogP contribution in [-0.4, -0.2) is 29.8 Å². The maximum Gasteiger partial charge on any atom is 0.254 e. The van der Waals surface area contributed by atoms with Crippen LogP contribution in [0.25, 0.3) is 0 Å². The van der Waals surface area contributed by atoms with Gasteiger partial charge in [0.1, 0.15) is 6.54 Å². The summed E-state index contributed by atoms with van der Waals surface area (Å²) in [6, 6.07) is 13.5. The van der Waals surface area contributed by atoms with Gasteiger partial charge in [-0.25, -0.2) is 0 Å². The molecule has 1 aliphatic rings. The highest BCUT2D eigenvalue weighted by atomic mass is 16.2. The second kappa shape index (κ2) is 6.87. The van der Waals surface area contributed by atoms with E-state index in [1.807, 2.05) is 42.5 Å². The molecule has 2 aromatic rings. The first-order valence-electron chi connectivity index (χ1n) is 8.35. The lowest BCUT2D eigenvalue weighted by atomic mass is 9.99. The van der Waals surface area contributed by atoms with E-state index in [1.165, 1.54) is 11.1 Å². The zero-order valence-electron chi connectivity index (χ0n) is 14.1. The van der Waals surface area contributed by atoms with E-state index in [4.69, 9.17) is 0 Å². The first-order chi connectivity index (χ1) is 11.6. The van der Waals surface area contributed by atoms with Crippen molar-refractivity contribution in [2.24, 2.45) is 0 Å². The maximum atomic E-state index is 12.5. The quantitative estimate of drug-likeness (QED) is 0.940. The number of carbonyl (C=O) groups excluding carboxylic acids is 2. The van der Waals surface area contributed by atoms with Crippen LogP contribution in [0.15, 0.2) is 42.5 Å². The first-order valence-corrected chi connectivity index (χ1v) is 8.35. The molecule has 4 nitrogen and oxygen atoms in total. The average molecular weight is 322 g/mol. The highest BCUT2D eigenvalue weighted by Crippen LogP contribution is 2.19. The van der Waals surface area contributed by atoms with E-state index in [0.717, 1.165) is 24.1 Å². The fraction of sp³-hybridized carbons (Fsp3) is 0.300. The van der Waals surface area contributed by atoms with Crippen LogP contribution in [0.3, 0.4) is 0 Å². The van der Waals surface area contributed by atoms with Gasteiger partial charge >= 0.3 is 0 Å². The molecule has 0 spiro atoms. The van der Waals surface area contributed by atoms with Crippen molar-refractivity contribution in [2.45, 2.75) is 26.7 Å². The van der Waals surface area contributed by atoms with E-state index in [-0.39, 0.29) is 18.4 Å². The normalized spacial score (nSPS) is 13.6. The van der Waals surface area contributed by atoms with Crippen molar-refractivity contribution in [1.29, 1.82) is 0 Å². The van der Waals surface area contributed by atoms with Gasteiger partial charge in [-0.3, -0.25) is 9.59 Å². The number of carbonyl (C=O) groups is 2. The predicted octanol–water partition coefficient (Wildman–Crippen LogP) is 3.19. The number of aryl methyl sites for hydroxylation is 2. The van der Waals surface area contributed by atoms with Gasteiger partial charge in [-0.1, -0.05) is 31.2 Å². The molecule has 0 bridgehead atoms. The topological polar surface area (TPSA) is 49.4 Å². The fourth-order valence-electron chi connectivity index (χ4n) is 3.13. The molecule has 3 rings (SSSR count). The molecule has 0 fully saturated rings. The van der Waals surface area contributed by atoms with Gasteiger partial charge in [0, 0.05) is 17.8 Å². The lowest BCUT2D eigenvalue weighted by molar-refractivity contribution is -0.116. The SMILES string of the molecule is CCc1cc(NC(=O)CN2CCc3ccccc3C2=O)ccc1C. The molecular weight excluding hydrogens is 300 g/mol.